The van der Waals surface area contributed by atoms with Gasteiger partial charge >= 0.3 is 0 Å². The van der Waals surface area contributed by atoms with Gasteiger partial charge in [-0.25, -0.2) is 4.39 Å². The lowest BCUT2D eigenvalue weighted by Crippen LogP contribution is -2.38. The summed E-state index contributed by atoms with van der Waals surface area (Å²) in [6, 6.07) is 10.5. The summed E-state index contributed by atoms with van der Waals surface area (Å²) in [7, 11) is 0. The molecule has 186 valence electrons. The van der Waals surface area contributed by atoms with Gasteiger partial charge < -0.3 is 16.1 Å². The molecule has 1 aromatic heterocycles. The number of nitrogens with one attached hydrogen (secondary N) is 4. The molecule has 1 atom stereocenters. The maximum absolute atomic E-state index is 13.8. The summed E-state index contributed by atoms with van der Waals surface area (Å²) in [5.74, 6) is 0.126. The zero-order chi connectivity index (χ0) is 26.2. The fourth-order valence-electron chi connectivity index (χ4n) is 4.15. The molecule has 1 aliphatic heterocycles. The van der Waals surface area contributed by atoms with E-state index in [1.165, 1.54) is 18.3 Å². The van der Waals surface area contributed by atoms with Gasteiger partial charge in [0.15, 0.2) is 0 Å². The second-order valence-corrected chi connectivity index (χ2v) is 9.95. The van der Waals surface area contributed by atoms with Crippen LogP contribution in [0.1, 0.15) is 51.6 Å². The van der Waals surface area contributed by atoms with Crippen LogP contribution in [0.5, 0.6) is 0 Å². The molecule has 2 aromatic carbocycles. The van der Waals surface area contributed by atoms with E-state index in [4.69, 9.17) is 11.6 Å². The molecule has 5 rings (SSSR count). The molecular weight excluding hydrogens is 477 g/mol. The van der Waals surface area contributed by atoms with Crippen LogP contribution in [-0.2, 0) is 0 Å². The van der Waals surface area contributed by atoms with Crippen LogP contribution in [0, 0.1) is 23.1 Å². The number of nitrogens with zero attached hydrogens (tertiary/aromatic N) is 3. The van der Waals surface area contributed by atoms with Crippen LogP contribution in [0.3, 0.4) is 0 Å². The first kappa shape index (κ1) is 22.9. The minimum absolute atomic E-state index is 0.377. The zero-order valence-corrected chi connectivity index (χ0v) is 21.0. The van der Waals surface area contributed by atoms with Gasteiger partial charge in [0.2, 0.25) is 0 Å². The number of rotatable bonds is 9. The zero-order valence-electron chi connectivity index (χ0n) is 21.2. The number of hydrogen-bond donors (Lipinski definition) is 4. The van der Waals surface area contributed by atoms with Crippen molar-refractivity contribution >= 4 is 33.9 Å². The Kier molecular flexibility index (Phi) is 6.50. The Labute approximate surface area is 216 Å². The van der Waals surface area contributed by atoms with Crippen molar-refractivity contribution in [1.82, 2.24) is 21.0 Å². The van der Waals surface area contributed by atoms with Gasteiger partial charge in [-0.05, 0) is 55.0 Å². The molecule has 1 fully saturated rings. The van der Waals surface area contributed by atoms with Gasteiger partial charge in [0, 0.05) is 36.1 Å². The van der Waals surface area contributed by atoms with E-state index in [1.54, 1.807) is 18.2 Å². The maximum atomic E-state index is 13.8. The number of pyridine rings is 1. The van der Waals surface area contributed by atoms with E-state index in [0.29, 0.717) is 62.6 Å². The van der Waals surface area contributed by atoms with Gasteiger partial charge in [-0.2, -0.15) is 5.26 Å². The van der Waals surface area contributed by atoms with Crippen molar-refractivity contribution < 1.29 is 5.76 Å². The summed E-state index contributed by atoms with van der Waals surface area (Å²) in [5, 5.41) is 19.5. The van der Waals surface area contributed by atoms with Crippen molar-refractivity contribution in [3.63, 3.8) is 0 Å². The molecule has 0 radical (unpaired) electrons. The van der Waals surface area contributed by atoms with Crippen LogP contribution >= 0.6 is 11.6 Å². The quantitative estimate of drug-likeness (QED) is 0.290. The molecule has 2 heterocycles. The summed E-state index contributed by atoms with van der Waals surface area (Å²) >= 11 is 6.67. The highest BCUT2D eigenvalue weighted by Crippen LogP contribution is 2.36. The number of hydrazine groups is 2. The molecule has 1 aliphatic carbocycles. The Bertz CT molecular complexity index is 1380. The lowest BCUT2D eigenvalue weighted by Gasteiger charge is -2.22. The standard InChI is InChI=1S/C27H29ClFN7/c1-16(2)9-10-31-25-18(13-30)14-32-27-22(25)11-20(12-23(27)28)33-26(17-3-5-19(29)6-4-17)24-15-36(35-34-24)21-7-8-21/h3-6,11-12,14-16,21,26,33-35H,7-10H2,1-2H3,(H,31,32)/t26-/m1/s1/i26D. The van der Waals surface area contributed by atoms with E-state index in [-0.39, 0.29) is 5.82 Å². The molecule has 36 heavy (non-hydrogen) atoms. The molecule has 0 spiro atoms. The summed E-state index contributed by atoms with van der Waals surface area (Å²) in [4.78, 5) is 4.42. The Balaban J connectivity index is 1.57. The molecule has 0 bridgehead atoms. The molecule has 0 unspecified atom stereocenters. The van der Waals surface area contributed by atoms with Crippen molar-refractivity contribution in [2.75, 3.05) is 17.2 Å². The average Bonchev–Trinajstić information content (AvgIpc) is 3.60. The Hall–Kier alpha value is -3.54. The van der Waals surface area contributed by atoms with Crippen LogP contribution in [0.4, 0.5) is 15.8 Å². The number of benzene rings is 2. The first-order valence-electron chi connectivity index (χ1n) is 12.6. The third-order valence-electron chi connectivity index (χ3n) is 6.27. The molecule has 9 heteroatoms. The number of hydrogen-bond acceptors (Lipinski definition) is 7. The van der Waals surface area contributed by atoms with E-state index in [0.717, 1.165) is 19.3 Å². The van der Waals surface area contributed by atoms with Crippen molar-refractivity contribution in [2.24, 2.45) is 5.92 Å². The molecule has 3 aromatic rings. The number of nitriles is 1. The number of anilines is 2. The Morgan fingerprint density at radius 1 is 1.31 bits per heavy atom. The summed E-state index contributed by atoms with van der Waals surface area (Å²) < 4.78 is 23.3. The SMILES string of the molecule is [2H][C@](Nc1cc(Cl)c2ncc(C#N)c(NCCC(C)C)c2c1)(C1=CN(C2CC2)NN1)c1ccc(F)cc1. The fourth-order valence-corrected chi connectivity index (χ4v) is 4.42. The van der Waals surface area contributed by atoms with Gasteiger partial charge in [0.1, 0.15) is 11.9 Å². The minimum Gasteiger partial charge on any atom is -0.383 e. The molecule has 0 saturated heterocycles. The molecule has 1 saturated carbocycles. The molecule has 2 aliphatic rings. The van der Waals surface area contributed by atoms with Crippen molar-refractivity contribution in [3.8, 4) is 6.07 Å². The minimum atomic E-state index is -1.49. The highest BCUT2D eigenvalue weighted by Gasteiger charge is 2.32. The molecule has 4 N–H and O–H groups in total. The van der Waals surface area contributed by atoms with Crippen molar-refractivity contribution in [1.29, 1.82) is 5.26 Å². The number of aromatic nitrogens is 1. The smallest absolute Gasteiger partial charge is 0.123 e. The summed E-state index contributed by atoms with van der Waals surface area (Å²) in [6.07, 6.45) is 6.49. The van der Waals surface area contributed by atoms with Gasteiger partial charge in [-0.1, -0.05) is 37.6 Å². The van der Waals surface area contributed by atoms with Gasteiger partial charge in [-0.15, -0.1) is 5.53 Å². The highest BCUT2D eigenvalue weighted by atomic mass is 35.5. The predicted molar refractivity (Wildman–Crippen MR) is 141 cm³/mol. The second kappa shape index (κ2) is 10.2. The Morgan fingerprint density at radius 3 is 2.78 bits per heavy atom. The van der Waals surface area contributed by atoms with E-state index in [2.05, 4.69) is 46.5 Å². The number of halogens is 2. The fraction of sp³-hybridized carbons (Fsp3) is 0.333. The van der Waals surface area contributed by atoms with E-state index >= 15 is 0 Å². The first-order valence-corrected chi connectivity index (χ1v) is 12.5. The van der Waals surface area contributed by atoms with E-state index in [1.807, 2.05) is 17.3 Å². The van der Waals surface area contributed by atoms with E-state index < -0.39 is 6.02 Å². The summed E-state index contributed by atoms with van der Waals surface area (Å²) in [5.41, 5.74) is 9.54. The lowest BCUT2D eigenvalue weighted by molar-refractivity contribution is 0.260. The van der Waals surface area contributed by atoms with Crippen LogP contribution in [0.25, 0.3) is 10.9 Å². The van der Waals surface area contributed by atoms with Gasteiger partial charge in [-0.3, -0.25) is 9.99 Å². The normalized spacial score (nSPS) is 17.3. The molecule has 0 amide bonds. The van der Waals surface area contributed by atoms with Crippen molar-refractivity contribution in [2.45, 2.75) is 45.2 Å². The van der Waals surface area contributed by atoms with Gasteiger partial charge in [0.25, 0.3) is 0 Å². The lowest BCUT2D eigenvalue weighted by atomic mass is 10.0. The van der Waals surface area contributed by atoms with E-state index in [9.17, 15) is 11.0 Å². The molecular formula is C27H29ClFN7. The predicted octanol–water partition coefficient (Wildman–Crippen LogP) is 5.84. The third kappa shape index (κ3) is 5.18. The summed E-state index contributed by atoms with van der Waals surface area (Å²) in [6.45, 7) is 4.98. The van der Waals surface area contributed by atoms with Crippen molar-refractivity contribution in [3.05, 3.63) is 76.5 Å². The third-order valence-corrected chi connectivity index (χ3v) is 6.56. The molecule has 7 nitrogen and oxygen atoms in total. The monoisotopic (exact) mass is 506 g/mol. The van der Waals surface area contributed by atoms with Crippen LogP contribution in [0.15, 0.2) is 54.5 Å². The van der Waals surface area contributed by atoms with Crippen LogP contribution in [-0.4, -0.2) is 22.6 Å². The Morgan fingerprint density at radius 2 is 2.08 bits per heavy atom. The van der Waals surface area contributed by atoms with Crippen LogP contribution in [0.2, 0.25) is 5.02 Å². The second-order valence-electron chi connectivity index (χ2n) is 9.55. The first-order chi connectivity index (χ1) is 17.8. The maximum Gasteiger partial charge on any atom is 0.123 e. The number of fused-ring (bicyclic) bond motifs is 1. The largest absolute Gasteiger partial charge is 0.383 e. The topological polar surface area (TPSA) is 88.0 Å². The van der Waals surface area contributed by atoms with Gasteiger partial charge in [0.05, 0.1) is 34.9 Å². The average molecular weight is 507 g/mol. The van der Waals surface area contributed by atoms with Crippen LogP contribution < -0.4 is 21.6 Å². The highest BCUT2D eigenvalue weighted by molar-refractivity contribution is 6.35.